The second-order valence-corrected chi connectivity index (χ2v) is 11.1. The maximum Gasteiger partial charge on any atom is 0.416 e. The number of halogens is 6. The van der Waals surface area contributed by atoms with Crippen molar-refractivity contribution in [2.75, 3.05) is 29.9 Å². The summed E-state index contributed by atoms with van der Waals surface area (Å²) >= 11 is 0. The fraction of sp³-hybridized carbons (Fsp3) is 0.367. The number of carbonyl (C=O) groups excluding carboxylic acids is 2. The van der Waals surface area contributed by atoms with E-state index in [4.69, 9.17) is 5.73 Å². The largest absolute Gasteiger partial charge is 0.416 e. The molecule has 5 N–H and O–H groups in total. The van der Waals surface area contributed by atoms with Crippen LogP contribution in [0, 0.1) is 0 Å². The molecule has 0 spiro atoms. The molecule has 8 nitrogen and oxygen atoms in total. The predicted octanol–water partition coefficient (Wildman–Crippen LogP) is 4.78. The highest BCUT2D eigenvalue weighted by molar-refractivity contribution is 6.02. The third kappa shape index (κ3) is 6.81. The van der Waals surface area contributed by atoms with Crippen LogP contribution in [0.5, 0.6) is 0 Å². The van der Waals surface area contributed by atoms with Crippen LogP contribution in [0.3, 0.4) is 0 Å². The average Bonchev–Trinajstić information content (AvgIpc) is 3.35. The van der Waals surface area contributed by atoms with Crippen molar-refractivity contribution in [3.05, 3.63) is 77.0 Å². The third-order valence-corrected chi connectivity index (χ3v) is 7.72. The Morgan fingerprint density at radius 2 is 1.57 bits per heavy atom. The third-order valence-electron chi connectivity index (χ3n) is 7.72. The van der Waals surface area contributed by atoms with E-state index in [0.717, 1.165) is 0 Å². The summed E-state index contributed by atoms with van der Waals surface area (Å²) in [5.41, 5.74) is 1.31. The van der Waals surface area contributed by atoms with Crippen LogP contribution in [-0.4, -0.2) is 58.7 Å². The molecule has 44 heavy (non-hydrogen) atoms. The normalized spacial score (nSPS) is 17.5. The fourth-order valence-electron chi connectivity index (χ4n) is 5.12. The van der Waals surface area contributed by atoms with Crippen molar-refractivity contribution in [3.8, 4) is 11.1 Å². The lowest BCUT2D eigenvalue weighted by molar-refractivity contribution is -0.143. The standard InChI is InChI=1S/C30H30F6N4O4/c1-28(2,16-7-17(29(31,32)33)9-18(8-16)30(34,35)36)25(43)13-38-24-12-39-26(40-14-20(42)10-19(40)15-41)11-23(24)21-5-3-4-6-22(21)27(37)44/h3-9,11-12,19-20,38,41-42H,10,13-15H2,1-2H3,(H2,37,44)/t19-,20+/m0/s1. The molecule has 0 aliphatic carbocycles. The van der Waals surface area contributed by atoms with Crippen molar-refractivity contribution in [1.82, 2.24) is 4.98 Å². The number of benzene rings is 2. The second-order valence-electron chi connectivity index (χ2n) is 11.1. The van der Waals surface area contributed by atoms with E-state index in [1.807, 2.05) is 0 Å². The Morgan fingerprint density at radius 1 is 0.977 bits per heavy atom. The number of nitrogens with zero attached hydrogens (tertiary/aromatic N) is 2. The maximum absolute atomic E-state index is 13.5. The minimum absolute atomic E-state index is 0.00129. The van der Waals surface area contributed by atoms with Gasteiger partial charge in [-0.2, -0.15) is 26.3 Å². The molecule has 14 heteroatoms. The van der Waals surface area contributed by atoms with E-state index < -0.39 is 64.8 Å². The number of hydrogen-bond donors (Lipinski definition) is 4. The first-order valence-electron chi connectivity index (χ1n) is 13.5. The molecule has 0 bridgehead atoms. The van der Waals surface area contributed by atoms with Gasteiger partial charge in [-0.15, -0.1) is 0 Å². The van der Waals surface area contributed by atoms with Gasteiger partial charge in [0.1, 0.15) is 5.82 Å². The first-order chi connectivity index (χ1) is 20.4. The lowest BCUT2D eigenvalue weighted by Crippen LogP contribution is -2.35. The first kappa shape index (κ1) is 32.7. The number of aliphatic hydroxyl groups excluding tert-OH is 2. The van der Waals surface area contributed by atoms with E-state index in [2.05, 4.69) is 10.3 Å². The number of nitrogens with one attached hydrogen (secondary N) is 1. The number of alkyl halides is 6. The van der Waals surface area contributed by atoms with Gasteiger partial charge in [0.25, 0.3) is 0 Å². The van der Waals surface area contributed by atoms with Crippen molar-refractivity contribution in [1.29, 1.82) is 0 Å². The van der Waals surface area contributed by atoms with Crippen molar-refractivity contribution in [2.24, 2.45) is 5.73 Å². The number of pyridine rings is 1. The van der Waals surface area contributed by atoms with Gasteiger partial charge in [0.15, 0.2) is 5.78 Å². The molecule has 0 radical (unpaired) electrons. The topological polar surface area (TPSA) is 129 Å². The number of β-amino-alcohol motifs (C(OH)–C–C–N with tert-alkyl or cyclic N) is 1. The van der Waals surface area contributed by atoms with Gasteiger partial charge < -0.3 is 26.2 Å². The zero-order valence-corrected chi connectivity index (χ0v) is 23.6. The molecular weight excluding hydrogens is 594 g/mol. The average molecular weight is 625 g/mol. The highest BCUT2D eigenvalue weighted by Crippen LogP contribution is 2.40. The number of primary amides is 1. The number of aliphatic hydroxyl groups is 2. The molecule has 1 amide bonds. The molecular formula is C30H30F6N4O4. The Balaban J connectivity index is 1.72. The second kappa shape index (κ2) is 12.1. The smallest absolute Gasteiger partial charge is 0.394 e. The number of aromatic nitrogens is 1. The van der Waals surface area contributed by atoms with Crippen molar-refractivity contribution in [2.45, 2.75) is 50.2 Å². The van der Waals surface area contributed by atoms with Crippen LogP contribution in [0.4, 0.5) is 37.8 Å². The molecule has 1 fully saturated rings. The summed E-state index contributed by atoms with van der Waals surface area (Å²) in [6.07, 6.45) is -9.25. The van der Waals surface area contributed by atoms with E-state index in [-0.39, 0.29) is 30.5 Å². The van der Waals surface area contributed by atoms with Gasteiger partial charge in [-0.3, -0.25) is 9.59 Å². The fourth-order valence-corrected chi connectivity index (χ4v) is 5.12. The first-order valence-corrected chi connectivity index (χ1v) is 13.5. The number of anilines is 2. The van der Waals surface area contributed by atoms with Crippen molar-refractivity contribution < 1.29 is 46.1 Å². The highest BCUT2D eigenvalue weighted by atomic mass is 19.4. The molecule has 0 unspecified atom stereocenters. The summed E-state index contributed by atoms with van der Waals surface area (Å²) in [6.45, 7) is 1.84. The molecule has 3 aromatic rings. The Morgan fingerprint density at radius 3 is 2.14 bits per heavy atom. The summed E-state index contributed by atoms with van der Waals surface area (Å²) in [5.74, 6) is -1.14. The van der Waals surface area contributed by atoms with E-state index in [1.54, 1.807) is 29.2 Å². The monoisotopic (exact) mass is 624 g/mol. The number of amides is 1. The van der Waals surface area contributed by atoms with Gasteiger partial charge in [-0.25, -0.2) is 4.98 Å². The van der Waals surface area contributed by atoms with E-state index >= 15 is 0 Å². The molecule has 1 aromatic heterocycles. The van der Waals surface area contributed by atoms with Gasteiger partial charge in [-0.1, -0.05) is 18.2 Å². The number of hydrogen-bond acceptors (Lipinski definition) is 7. The van der Waals surface area contributed by atoms with Gasteiger partial charge >= 0.3 is 12.4 Å². The van der Waals surface area contributed by atoms with Crippen LogP contribution in [-0.2, 0) is 22.6 Å². The summed E-state index contributed by atoms with van der Waals surface area (Å²) < 4.78 is 80.8. The highest BCUT2D eigenvalue weighted by Gasteiger charge is 2.40. The molecule has 4 rings (SSSR count). The predicted molar refractivity (Wildman–Crippen MR) is 150 cm³/mol. The van der Waals surface area contributed by atoms with E-state index in [1.165, 1.54) is 26.1 Å². The zero-order chi connectivity index (χ0) is 32.6. The Labute approximate surface area is 248 Å². The summed E-state index contributed by atoms with van der Waals surface area (Å²) in [6, 6.07) is 8.50. The molecule has 1 aliphatic rings. The van der Waals surface area contributed by atoms with Crippen LogP contribution in [0.1, 0.15) is 47.3 Å². The van der Waals surface area contributed by atoms with E-state index in [0.29, 0.717) is 35.5 Å². The molecule has 0 saturated carbocycles. The Bertz CT molecular complexity index is 1520. The van der Waals surface area contributed by atoms with Crippen LogP contribution in [0.25, 0.3) is 11.1 Å². The number of carbonyl (C=O) groups is 2. The minimum atomic E-state index is -5.08. The van der Waals surface area contributed by atoms with Gasteiger partial charge in [0.05, 0.1) is 53.7 Å². The number of ketones is 1. The van der Waals surface area contributed by atoms with E-state index in [9.17, 15) is 46.1 Å². The Hall–Kier alpha value is -4.17. The summed E-state index contributed by atoms with van der Waals surface area (Å²) in [4.78, 5) is 31.7. The molecule has 1 saturated heterocycles. The summed E-state index contributed by atoms with van der Waals surface area (Å²) in [5, 5.41) is 22.8. The molecule has 1 aliphatic heterocycles. The number of nitrogens with two attached hydrogens (primary N) is 1. The number of Topliss-reactive ketones (excluding diaryl/α,β-unsaturated/α-hetero) is 1. The minimum Gasteiger partial charge on any atom is -0.394 e. The lowest BCUT2D eigenvalue weighted by atomic mass is 9.79. The lowest BCUT2D eigenvalue weighted by Gasteiger charge is -2.27. The van der Waals surface area contributed by atoms with Crippen molar-refractivity contribution >= 4 is 23.2 Å². The van der Waals surface area contributed by atoms with Crippen molar-refractivity contribution in [3.63, 3.8) is 0 Å². The molecule has 2 aromatic carbocycles. The van der Waals surface area contributed by atoms with Gasteiger partial charge in [-0.05, 0) is 61.7 Å². The zero-order valence-electron chi connectivity index (χ0n) is 23.6. The quantitative estimate of drug-likeness (QED) is 0.253. The van der Waals surface area contributed by atoms with Crippen LogP contribution < -0.4 is 16.0 Å². The molecule has 236 valence electrons. The summed E-state index contributed by atoms with van der Waals surface area (Å²) in [7, 11) is 0. The van der Waals surface area contributed by atoms with Crippen LogP contribution >= 0.6 is 0 Å². The van der Waals surface area contributed by atoms with Gasteiger partial charge in [0.2, 0.25) is 5.91 Å². The maximum atomic E-state index is 13.5. The van der Waals surface area contributed by atoms with Gasteiger partial charge in [0, 0.05) is 17.7 Å². The number of rotatable bonds is 9. The SMILES string of the molecule is CC(C)(C(=O)CNc1cnc(N2C[C@H](O)C[C@H]2CO)cc1-c1ccccc1C(N)=O)c1cc(C(F)(F)F)cc(C(F)(F)F)c1. The Kier molecular flexibility index (Phi) is 8.99. The van der Waals surface area contributed by atoms with Crippen LogP contribution in [0.2, 0.25) is 0 Å². The molecule has 2 atom stereocenters. The van der Waals surface area contributed by atoms with Crippen LogP contribution in [0.15, 0.2) is 54.7 Å². The molecule has 2 heterocycles.